The molecule has 0 aromatic heterocycles. The average Bonchev–Trinajstić information content (AvgIpc) is 2.22. The van der Waals surface area contributed by atoms with Crippen molar-refractivity contribution >= 4 is 34.2 Å². The molecule has 0 aliphatic rings. The van der Waals surface area contributed by atoms with Gasteiger partial charge in [-0.2, -0.15) is 0 Å². The van der Waals surface area contributed by atoms with Gasteiger partial charge in [0.05, 0.1) is 7.11 Å². The molecule has 1 aromatic carbocycles. The molecule has 82 valence electrons. The Morgan fingerprint density at radius 3 is 2.73 bits per heavy atom. The second kappa shape index (κ2) is 5.34. The van der Waals surface area contributed by atoms with Gasteiger partial charge in [-0.25, -0.2) is 4.79 Å². The molecule has 0 aliphatic heterocycles. The predicted octanol–water partition coefficient (Wildman–Crippen LogP) is 2.57. The molecule has 0 fully saturated rings. The van der Waals surface area contributed by atoms with Crippen molar-refractivity contribution in [2.45, 2.75) is 19.9 Å². The van der Waals surface area contributed by atoms with Crippen LogP contribution in [0.25, 0.3) is 0 Å². The van der Waals surface area contributed by atoms with E-state index in [1.807, 2.05) is 18.2 Å². The van der Waals surface area contributed by atoms with E-state index in [4.69, 9.17) is 0 Å². The van der Waals surface area contributed by atoms with E-state index >= 15 is 0 Å². The fraction of sp³-hybridized carbons (Fsp3) is 0.364. The first-order valence-electron chi connectivity index (χ1n) is 4.65. The van der Waals surface area contributed by atoms with E-state index in [2.05, 4.69) is 39.6 Å². The smallest absolute Gasteiger partial charge is 0.327 e. The SMILES string of the molecule is COC(=O)C(C)Nc1ccc(C)c(I)c1. The van der Waals surface area contributed by atoms with Crippen molar-refractivity contribution in [3.8, 4) is 0 Å². The number of carbonyl (C=O) groups is 1. The largest absolute Gasteiger partial charge is 0.467 e. The van der Waals surface area contributed by atoms with Gasteiger partial charge in [0.1, 0.15) is 6.04 Å². The minimum absolute atomic E-state index is 0.259. The number of methoxy groups -OCH3 is 1. The van der Waals surface area contributed by atoms with Gasteiger partial charge in [-0.3, -0.25) is 0 Å². The minimum atomic E-state index is -0.325. The van der Waals surface area contributed by atoms with Crippen LogP contribution in [0.15, 0.2) is 18.2 Å². The summed E-state index contributed by atoms with van der Waals surface area (Å²) >= 11 is 2.27. The number of aryl methyl sites for hydroxylation is 1. The van der Waals surface area contributed by atoms with E-state index in [-0.39, 0.29) is 12.0 Å². The predicted molar refractivity (Wildman–Crippen MR) is 69.0 cm³/mol. The van der Waals surface area contributed by atoms with Crippen LogP contribution in [0.2, 0.25) is 0 Å². The Labute approximate surface area is 103 Å². The van der Waals surface area contributed by atoms with E-state index < -0.39 is 0 Å². The molecule has 0 saturated heterocycles. The van der Waals surface area contributed by atoms with E-state index in [1.54, 1.807) is 6.92 Å². The maximum Gasteiger partial charge on any atom is 0.327 e. The summed E-state index contributed by atoms with van der Waals surface area (Å²) in [5, 5.41) is 3.08. The lowest BCUT2D eigenvalue weighted by Gasteiger charge is -2.13. The van der Waals surface area contributed by atoms with Crippen LogP contribution < -0.4 is 5.32 Å². The molecule has 0 saturated carbocycles. The second-order valence-electron chi connectivity index (χ2n) is 3.35. The van der Waals surface area contributed by atoms with Crippen molar-refractivity contribution in [2.75, 3.05) is 12.4 Å². The summed E-state index contributed by atoms with van der Waals surface area (Å²) in [7, 11) is 1.39. The zero-order chi connectivity index (χ0) is 11.4. The number of carbonyl (C=O) groups excluding carboxylic acids is 1. The van der Waals surface area contributed by atoms with Crippen molar-refractivity contribution < 1.29 is 9.53 Å². The number of rotatable bonds is 3. The van der Waals surface area contributed by atoms with Crippen LogP contribution in [-0.4, -0.2) is 19.1 Å². The third-order valence-corrected chi connectivity index (χ3v) is 3.27. The van der Waals surface area contributed by atoms with Crippen LogP contribution in [0.1, 0.15) is 12.5 Å². The molecule has 0 heterocycles. The lowest BCUT2D eigenvalue weighted by atomic mass is 10.2. The Hall–Kier alpha value is -0.780. The topological polar surface area (TPSA) is 38.3 Å². The zero-order valence-electron chi connectivity index (χ0n) is 9.00. The van der Waals surface area contributed by atoms with Crippen molar-refractivity contribution in [2.24, 2.45) is 0 Å². The number of esters is 1. The Morgan fingerprint density at radius 2 is 2.20 bits per heavy atom. The monoisotopic (exact) mass is 319 g/mol. The normalized spacial score (nSPS) is 12.0. The van der Waals surface area contributed by atoms with E-state index in [9.17, 15) is 4.79 Å². The quantitative estimate of drug-likeness (QED) is 0.687. The summed E-state index contributed by atoms with van der Waals surface area (Å²) in [6.07, 6.45) is 0. The van der Waals surface area contributed by atoms with E-state index in [1.165, 1.54) is 16.2 Å². The van der Waals surface area contributed by atoms with Gasteiger partial charge in [0.15, 0.2) is 0 Å². The van der Waals surface area contributed by atoms with E-state index in [0.717, 1.165) is 5.69 Å². The number of ether oxygens (including phenoxy) is 1. The average molecular weight is 319 g/mol. The molecule has 0 amide bonds. The molecule has 1 atom stereocenters. The lowest BCUT2D eigenvalue weighted by Crippen LogP contribution is -2.27. The summed E-state index contributed by atoms with van der Waals surface area (Å²) in [5.41, 5.74) is 2.16. The van der Waals surface area contributed by atoms with Crippen LogP contribution in [0.4, 0.5) is 5.69 Å². The van der Waals surface area contributed by atoms with Crippen LogP contribution in [0, 0.1) is 10.5 Å². The molecule has 1 rings (SSSR count). The Morgan fingerprint density at radius 1 is 1.53 bits per heavy atom. The number of hydrogen-bond donors (Lipinski definition) is 1. The molecule has 3 nitrogen and oxygen atoms in total. The number of hydrogen-bond acceptors (Lipinski definition) is 3. The Kier molecular flexibility index (Phi) is 4.38. The number of anilines is 1. The van der Waals surface area contributed by atoms with Gasteiger partial charge in [0, 0.05) is 9.26 Å². The third kappa shape index (κ3) is 3.37. The minimum Gasteiger partial charge on any atom is -0.467 e. The summed E-state index contributed by atoms with van der Waals surface area (Å²) in [6, 6.07) is 5.66. The number of nitrogens with one attached hydrogen (secondary N) is 1. The van der Waals surface area contributed by atoms with Crippen LogP contribution in [-0.2, 0) is 9.53 Å². The molecule has 1 unspecified atom stereocenters. The second-order valence-corrected chi connectivity index (χ2v) is 4.52. The van der Waals surface area contributed by atoms with Gasteiger partial charge in [-0.05, 0) is 54.1 Å². The standard InChI is InChI=1S/C11H14INO2/c1-7-4-5-9(6-10(7)12)13-8(2)11(14)15-3/h4-6,8,13H,1-3H3. The summed E-state index contributed by atoms with van der Waals surface area (Å²) in [4.78, 5) is 11.2. The first-order chi connectivity index (χ1) is 7.04. The number of halogens is 1. The highest BCUT2D eigenvalue weighted by molar-refractivity contribution is 14.1. The van der Waals surface area contributed by atoms with Crippen LogP contribution in [0.5, 0.6) is 0 Å². The van der Waals surface area contributed by atoms with Gasteiger partial charge in [0.25, 0.3) is 0 Å². The van der Waals surface area contributed by atoms with Crippen molar-refractivity contribution in [1.82, 2.24) is 0 Å². The first kappa shape index (κ1) is 12.3. The summed E-state index contributed by atoms with van der Waals surface area (Å²) in [5.74, 6) is -0.259. The van der Waals surface area contributed by atoms with Crippen molar-refractivity contribution in [1.29, 1.82) is 0 Å². The molecular weight excluding hydrogens is 305 g/mol. The highest BCUT2D eigenvalue weighted by atomic mass is 127. The zero-order valence-corrected chi connectivity index (χ0v) is 11.2. The van der Waals surface area contributed by atoms with Crippen molar-refractivity contribution in [3.63, 3.8) is 0 Å². The Bertz CT molecular complexity index is 366. The molecule has 1 aromatic rings. The van der Waals surface area contributed by atoms with Gasteiger partial charge in [-0.15, -0.1) is 0 Å². The molecule has 0 bridgehead atoms. The van der Waals surface area contributed by atoms with Gasteiger partial charge in [-0.1, -0.05) is 6.07 Å². The first-order valence-corrected chi connectivity index (χ1v) is 5.73. The highest BCUT2D eigenvalue weighted by Crippen LogP contribution is 2.17. The molecular formula is C11H14INO2. The fourth-order valence-corrected chi connectivity index (χ4v) is 1.68. The molecule has 0 radical (unpaired) electrons. The lowest BCUT2D eigenvalue weighted by molar-refractivity contribution is -0.141. The maximum absolute atomic E-state index is 11.2. The number of benzene rings is 1. The summed E-state index contributed by atoms with van der Waals surface area (Å²) < 4.78 is 5.81. The van der Waals surface area contributed by atoms with Gasteiger partial charge < -0.3 is 10.1 Å². The van der Waals surface area contributed by atoms with Gasteiger partial charge >= 0.3 is 5.97 Å². The fourth-order valence-electron chi connectivity index (χ4n) is 1.17. The summed E-state index contributed by atoms with van der Waals surface area (Å²) in [6.45, 7) is 3.83. The van der Waals surface area contributed by atoms with Crippen LogP contribution >= 0.6 is 22.6 Å². The molecule has 0 spiro atoms. The molecule has 1 N–H and O–H groups in total. The van der Waals surface area contributed by atoms with Crippen LogP contribution in [0.3, 0.4) is 0 Å². The Balaban J connectivity index is 2.73. The maximum atomic E-state index is 11.2. The molecule has 4 heteroatoms. The van der Waals surface area contributed by atoms with Crippen molar-refractivity contribution in [3.05, 3.63) is 27.3 Å². The molecule has 15 heavy (non-hydrogen) atoms. The highest BCUT2D eigenvalue weighted by Gasteiger charge is 2.12. The third-order valence-electron chi connectivity index (χ3n) is 2.11. The molecule has 0 aliphatic carbocycles. The van der Waals surface area contributed by atoms with E-state index in [0.29, 0.717) is 0 Å². The van der Waals surface area contributed by atoms with Gasteiger partial charge in [0.2, 0.25) is 0 Å².